The van der Waals surface area contributed by atoms with E-state index in [4.69, 9.17) is 4.74 Å². The van der Waals surface area contributed by atoms with Gasteiger partial charge in [-0.25, -0.2) is 0 Å². The van der Waals surface area contributed by atoms with Crippen molar-refractivity contribution in [3.05, 3.63) is 65.3 Å². The number of hydrogen-bond acceptors (Lipinski definition) is 5. The molecule has 0 atom stereocenters. The number of aryl methyl sites for hydroxylation is 1. The van der Waals surface area contributed by atoms with Gasteiger partial charge in [0, 0.05) is 46.4 Å². The second-order valence-corrected chi connectivity index (χ2v) is 8.61. The molecular weight excluding hydrogens is 420 g/mol. The molecule has 2 N–H and O–H groups in total. The minimum atomic E-state index is -0.0209. The molecule has 0 radical (unpaired) electrons. The molecule has 1 fully saturated rings. The van der Waals surface area contributed by atoms with Crippen LogP contribution in [0.3, 0.4) is 0 Å². The predicted molar refractivity (Wildman–Crippen MR) is 133 cm³/mol. The number of aromatic amines is 1. The number of nitrogens with one attached hydrogen (secondary N) is 2. The highest BCUT2D eigenvalue weighted by Crippen LogP contribution is 2.37. The summed E-state index contributed by atoms with van der Waals surface area (Å²) in [5.41, 5.74) is 3.89. The lowest BCUT2D eigenvalue weighted by molar-refractivity contribution is 0.416. The van der Waals surface area contributed by atoms with Crippen LogP contribution in [-0.4, -0.2) is 41.2 Å². The van der Waals surface area contributed by atoms with Crippen LogP contribution in [0.5, 0.6) is 5.75 Å². The third kappa shape index (κ3) is 4.59. The Balaban J connectivity index is 0.000000433. The van der Waals surface area contributed by atoms with Crippen LogP contribution in [-0.2, 0) is 7.05 Å². The molecule has 6 nitrogen and oxygen atoms in total. The molecule has 166 valence electrons. The van der Waals surface area contributed by atoms with E-state index in [0.29, 0.717) is 5.39 Å². The van der Waals surface area contributed by atoms with E-state index in [2.05, 4.69) is 21.6 Å². The van der Waals surface area contributed by atoms with E-state index in [0.717, 1.165) is 38.3 Å². The first-order valence-electron chi connectivity index (χ1n) is 10.7. The number of benzene rings is 2. The van der Waals surface area contributed by atoms with Gasteiger partial charge in [-0.3, -0.25) is 9.89 Å². The zero-order valence-electron chi connectivity index (χ0n) is 18.6. The van der Waals surface area contributed by atoms with Crippen molar-refractivity contribution in [2.24, 2.45) is 7.05 Å². The molecule has 0 spiro atoms. The Morgan fingerprint density at radius 2 is 1.84 bits per heavy atom. The van der Waals surface area contributed by atoms with Crippen molar-refractivity contribution in [2.45, 2.75) is 17.7 Å². The molecule has 4 aromatic rings. The van der Waals surface area contributed by atoms with Crippen molar-refractivity contribution >= 4 is 22.5 Å². The zero-order valence-corrected chi connectivity index (χ0v) is 19.5. The summed E-state index contributed by atoms with van der Waals surface area (Å²) in [6.07, 6.45) is 10.3. The Labute approximate surface area is 192 Å². The van der Waals surface area contributed by atoms with Gasteiger partial charge in [0.05, 0.1) is 13.3 Å². The zero-order chi connectivity index (χ0) is 22.5. The molecule has 0 unspecified atom stereocenters. The average molecular weight is 449 g/mol. The smallest absolute Gasteiger partial charge is 0.258 e. The second-order valence-electron chi connectivity index (χ2n) is 7.73. The normalized spacial score (nSPS) is 13.1. The summed E-state index contributed by atoms with van der Waals surface area (Å²) in [4.78, 5) is 13.8. The fourth-order valence-electron chi connectivity index (χ4n) is 3.92. The van der Waals surface area contributed by atoms with Crippen molar-refractivity contribution < 1.29 is 4.74 Å². The number of fused-ring (bicyclic) bond motifs is 1. The van der Waals surface area contributed by atoms with E-state index >= 15 is 0 Å². The van der Waals surface area contributed by atoms with Crippen LogP contribution in [0.15, 0.2) is 64.7 Å². The van der Waals surface area contributed by atoms with Crippen molar-refractivity contribution in [2.75, 3.05) is 26.5 Å². The lowest BCUT2D eigenvalue weighted by Crippen LogP contribution is -2.16. The van der Waals surface area contributed by atoms with Gasteiger partial charge in [-0.1, -0.05) is 6.07 Å². The summed E-state index contributed by atoms with van der Waals surface area (Å²) in [7, 11) is 3.44. The molecule has 1 aliphatic heterocycles. The molecule has 5 rings (SSSR count). The number of ether oxygens (including phenoxy) is 1. The number of H-pyrrole nitrogens is 1. The van der Waals surface area contributed by atoms with E-state index < -0.39 is 0 Å². The highest BCUT2D eigenvalue weighted by Gasteiger charge is 2.15. The maximum Gasteiger partial charge on any atom is 0.258 e. The maximum atomic E-state index is 12.7. The van der Waals surface area contributed by atoms with Crippen LogP contribution in [0.1, 0.15) is 12.8 Å². The molecule has 0 bridgehead atoms. The van der Waals surface area contributed by atoms with Crippen molar-refractivity contribution in [3.63, 3.8) is 0 Å². The number of thioether (sulfide) groups is 1. The lowest BCUT2D eigenvalue weighted by Gasteiger charge is -2.15. The monoisotopic (exact) mass is 448 g/mol. The number of methoxy groups -OCH3 is 1. The van der Waals surface area contributed by atoms with Crippen molar-refractivity contribution in [1.82, 2.24) is 20.1 Å². The van der Waals surface area contributed by atoms with Gasteiger partial charge in [0.15, 0.2) is 0 Å². The summed E-state index contributed by atoms with van der Waals surface area (Å²) in [5, 5.41) is 11.7. The molecule has 0 amide bonds. The summed E-state index contributed by atoms with van der Waals surface area (Å²) in [6, 6.07) is 12.0. The summed E-state index contributed by atoms with van der Waals surface area (Å²) >= 11 is 1.67. The average Bonchev–Trinajstić information content (AvgIpc) is 3.58. The predicted octanol–water partition coefficient (Wildman–Crippen LogP) is 4.70. The minimum absolute atomic E-state index is 0.0209. The van der Waals surface area contributed by atoms with E-state index in [1.807, 2.05) is 49.0 Å². The molecule has 2 aromatic heterocycles. The Morgan fingerprint density at radius 1 is 1.03 bits per heavy atom. The van der Waals surface area contributed by atoms with Crippen LogP contribution < -0.4 is 15.6 Å². The van der Waals surface area contributed by atoms with Gasteiger partial charge in [0.25, 0.3) is 5.56 Å². The van der Waals surface area contributed by atoms with Gasteiger partial charge >= 0.3 is 0 Å². The first kappa shape index (κ1) is 22.2. The number of rotatable bonds is 4. The van der Waals surface area contributed by atoms with Crippen LogP contribution in [0.2, 0.25) is 0 Å². The number of nitrogens with zero attached hydrogens (tertiary/aromatic N) is 2. The molecule has 1 saturated heterocycles. The van der Waals surface area contributed by atoms with Gasteiger partial charge in [-0.15, -0.1) is 11.8 Å². The van der Waals surface area contributed by atoms with E-state index in [1.165, 1.54) is 25.9 Å². The van der Waals surface area contributed by atoms with Gasteiger partial charge in [-0.2, -0.15) is 5.10 Å². The second kappa shape index (κ2) is 10.1. The topological polar surface area (TPSA) is 71.9 Å². The summed E-state index contributed by atoms with van der Waals surface area (Å²) < 4.78 is 7.23. The fraction of sp³-hybridized carbons (Fsp3) is 0.280. The number of pyridine rings is 1. The van der Waals surface area contributed by atoms with Crippen LogP contribution in [0.25, 0.3) is 33.0 Å². The van der Waals surface area contributed by atoms with Gasteiger partial charge in [0.1, 0.15) is 5.75 Å². The first-order valence-corrected chi connectivity index (χ1v) is 11.9. The summed E-state index contributed by atoms with van der Waals surface area (Å²) in [5.74, 6) is 0.779. The first-order chi connectivity index (χ1) is 15.6. The van der Waals surface area contributed by atoms with E-state index in [1.54, 1.807) is 36.7 Å². The van der Waals surface area contributed by atoms with E-state index in [9.17, 15) is 4.79 Å². The molecule has 1 aliphatic rings. The molecule has 0 saturated carbocycles. The van der Waals surface area contributed by atoms with Crippen molar-refractivity contribution in [3.8, 4) is 28.0 Å². The molecule has 3 heterocycles. The standard InChI is InChI=1S/C21H19N3O2S.C4H9N/c1-24-12-19(18-9-15(27-3)5-7-20(18)26-2)17-8-13(14-10-22-23-11-14)4-6-16(17)21(24)25;1-2-4-5-3-1/h4-12H,1-3H3,(H,22,23);5H,1-4H2. The van der Waals surface area contributed by atoms with Crippen molar-refractivity contribution in [1.29, 1.82) is 0 Å². The molecule has 0 aliphatic carbocycles. The molecular formula is C25H28N4O2S. The van der Waals surface area contributed by atoms with Crippen LogP contribution >= 0.6 is 11.8 Å². The highest BCUT2D eigenvalue weighted by atomic mass is 32.2. The fourth-order valence-corrected chi connectivity index (χ4v) is 4.36. The van der Waals surface area contributed by atoms with Gasteiger partial charge in [0.2, 0.25) is 0 Å². The Morgan fingerprint density at radius 3 is 2.47 bits per heavy atom. The summed E-state index contributed by atoms with van der Waals surface area (Å²) in [6.45, 7) is 2.50. The molecule has 32 heavy (non-hydrogen) atoms. The maximum absolute atomic E-state index is 12.7. The Bertz CT molecular complexity index is 1250. The van der Waals surface area contributed by atoms with E-state index in [-0.39, 0.29) is 5.56 Å². The molecule has 2 aromatic carbocycles. The van der Waals surface area contributed by atoms with Crippen LogP contribution in [0.4, 0.5) is 0 Å². The SMILES string of the molecule is C1CCNC1.COc1ccc(SC)cc1-c1cn(C)c(=O)c2ccc(-c3cn[nH]c3)cc12. The Hall–Kier alpha value is -3.03. The Kier molecular flexibility index (Phi) is 6.97. The van der Waals surface area contributed by atoms with Crippen LogP contribution in [0, 0.1) is 0 Å². The lowest BCUT2D eigenvalue weighted by atomic mass is 9.97. The van der Waals surface area contributed by atoms with Gasteiger partial charge in [-0.05, 0) is 73.5 Å². The quantitative estimate of drug-likeness (QED) is 0.443. The third-order valence-electron chi connectivity index (χ3n) is 5.67. The third-order valence-corrected chi connectivity index (χ3v) is 6.39. The number of aromatic nitrogens is 3. The van der Waals surface area contributed by atoms with Gasteiger partial charge < -0.3 is 14.6 Å². The molecule has 7 heteroatoms. The largest absolute Gasteiger partial charge is 0.496 e. The highest BCUT2D eigenvalue weighted by molar-refractivity contribution is 7.98. The number of hydrogen-bond donors (Lipinski definition) is 2. The minimum Gasteiger partial charge on any atom is -0.496 e.